The van der Waals surface area contributed by atoms with Crippen LogP contribution in [-0.2, 0) is 22.7 Å². The van der Waals surface area contributed by atoms with Gasteiger partial charge in [0.2, 0.25) is 11.8 Å². The van der Waals surface area contributed by atoms with E-state index in [4.69, 9.17) is 4.98 Å². The van der Waals surface area contributed by atoms with E-state index in [0.717, 1.165) is 16.6 Å². The number of aromatic nitrogens is 2. The van der Waals surface area contributed by atoms with E-state index in [9.17, 15) is 14.0 Å². The van der Waals surface area contributed by atoms with Crippen LogP contribution in [0.3, 0.4) is 0 Å². The summed E-state index contributed by atoms with van der Waals surface area (Å²) >= 11 is 0. The van der Waals surface area contributed by atoms with Gasteiger partial charge in [0.15, 0.2) is 0 Å². The molecule has 2 heterocycles. The minimum Gasteiger partial charge on any atom is -0.340 e. The number of benzene rings is 3. The molecular formula is C27H25FN4O2. The van der Waals surface area contributed by atoms with Crippen LogP contribution in [0.15, 0.2) is 78.9 Å². The molecule has 0 spiro atoms. The number of carbonyl (C=O) groups excluding carboxylic acids is 2. The first kappa shape index (κ1) is 21.8. The fourth-order valence-electron chi connectivity index (χ4n) is 4.56. The Morgan fingerprint density at radius 1 is 1.03 bits per heavy atom. The average Bonchev–Trinajstić information content (AvgIpc) is 3.40. The Hall–Kier alpha value is -4.00. The van der Waals surface area contributed by atoms with Gasteiger partial charge in [0.25, 0.3) is 0 Å². The van der Waals surface area contributed by atoms with Gasteiger partial charge in [0, 0.05) is 32.5 Å². The normalized spacial score (nSPS) is 15.8. The summed E-state index contributed by atoms with van der Waals surface area (Å²) < 4.78 is 16.3. The fourth-order valence-corrected chi connectivity index (χ4v) is 4.56. The summed E-state index contributed by atoms with van der Waals surface area (Å²) in [7, 11) is 1.78. The van der Waals surface area contributed by atoms with Gasteiger partial charge in [-0.2, -0.15) is 0 Å². The number of amides is 2. The number of carbonyl (C=O) groups is 2. The quantitative estimate of drug-likeness (QED) is 0.433. The van der Waals surface area contributed by atoms with Crippen LogP contribution in [0.4, 0.5) is 10.1 Å². The maximum Gasteiger partial charge on any atom is 0.242 e. The van der Waals surface area contributed by atoms with Gasteiger partial charge in [-0.1, -0.05) is 54.6 Å². The molecule has 0 aliphatic carbocycles. The predicted octanol–water partition coefficient (Wildman–Crippen LogP) is 4.35. The number of nitrogens with zero attached hydrogens (tertiary/aromatic N) is 4. The number of rotatable bonds is 6. The van der Waals surface area contributed by atoms with Crippen molar-refractivity contribution in [3.8, 4) is 0 Å². The molecule has 0 N–H and O–H groups in total. The van der Waals surface area contributed by atoms with Gasteiger partial charge < -0.3 is 14.4 Å². The molecule has 1 fully saturated rings. The highest BCUT2D eigenvalue weighted by molar-refractivity contribution is 5.96. The highest BCUT2D eigenvalue weighted by Crippen LogP contribution is 2.34. The molecule has 0 radical (unpaired) electrons. The Morgan fingerprint density at radius 2 is 1.74 bits per heavy atom. The van der Waals surface area contributed by atoms with Crippen LogP contribution >= 0.6 is 0 Å². The van der Waals surface area contributed by atoms with Crippen LogP contribution in [0.1, 0.15) is 23.7 Å². The lowest BCUT2D eigenvalue weighted by Crippen LogP contribution is -2.30. The van der Waals surface area contributed by atoms with Crippen molar-refractivity contribution >= 4 is 28.5 Å². The molecule has 172 valence electrons. The molecule has 1 atom stereocenters. The molecule has 6 nitrogen and oxygen atoms in total. The van der Waals surface area contributed by atoms with Crippen molar-refractivity contribution in [3.63, 3.8) is 0 Å². The third kappa shape index (κ3) is 4.17. The zero-order valence-electron chi connectivity index (χ0n) is 18.9. The third-order valence-corrected chi connectivity index (χ3v) is 6.30. The molecule has 0 saturated carbocycles. The van der Waals surface area contributed by atoms with E-state index < -0.39 is 5.82 Å². The number of imidazole rings is 1. The number of hydrogen-bond acceptors (Lipinski definition) is 3. The van der Waals surface area contributed by atoms with Crippen LogP contribution in [0.2, 0.25) is 0 Å². The Balaban J connectivity index is 1.43. The van der Waals surface area contributed by atoms with E-state index in [1.54, 1.807) is 30.1 Å². The predicted molar refractivity (Wildman–Crippen MR) is 129 cm³/mol. The van der Waals surface area contributed by atoms with Crippen molar-refractivity contribution in [2.45, 2.75) is 25.4 Å². The molecule has 7 heteroatoms. The van der Waals surface area contributed by atoms with Gasteiger partial charge in [-0.15, -0.1) is 0 Å². The lowest BCUT2D eigenvalue weighted by atomic mass is 10.1. The van der Waals surface area contributed by atoms with E-state index >= 15 is 0 Å². The molecule has 1 saturated heterocycles. The van der Waals surface area contributed by atoms with E-state index in [2.05, 4.69) is 0 Å². The maximum atomic E-state index is 14.4. The van der Waals surface area contributed by atoms with E-state index in [-0.39, 0.29) is 36.4 Å². The molecular weight excluding hydrogens is 431 g/mol. The topological polar surface area (TPSA) is 58.4 Å². The molecule has 1 unspecified atom stereocenters. The van der Waals surface area contributed by atoms with Crippen molar-refractivity contribution in [1.82, 2.24) is 14.5 Å². The molecule has 1 aliphatic heterocycles. The lowest BCUT2D eigenvalue weighted by Gasteiger charge is -2.20. The molecule has 2 amide bonds. The second-order valence-electron chi connectivity index (χ2n) is 8.64. The molecule has 4 aromatic rings. The molecule has 1 aromatic heterocycles. The summed E-state index contributed by atoms with van der Waals surface area (Å²) in [4.78, 5) is 34.0. The van der Waals surface area contributed by atoms with Crippen molar-refractivity contribution in [1.29, 1.82) is 0 Å². The third-order valence-electron chi connectivity index (χ3n) is 6.30. The van der Waals surface area contributed by atoms with Crippen molar-refractivity contribution < 1.29 is 14.0 Å². The standard InChI is InChI=1S/C27H25FN4O2/c1-30(16-19-9-3-2-4-10-19)26(34)18-32-24-14-8-6-12-22(24)29-27(32)20-15-25(33)31(17-20)23-13-7-5-11-21(23)28/h2-14,20H,15-18H2,1H3. The minimum absolute atomic E-state index is 0.0523. The minimum atomic E-state index is -0.428. The second-order valence-corrected chi connectivity index (χ2v) is 8.64. The van der Waals surface area contributed by atoms with Gasteiger partial charge >= 0.3 is 0 Å². The van der Waals surface area contributed by atoms with Crippen LogP contribution in [0.5, 0.6) is 0 Å². The molecule has 34 heavy (non-hydrogen) atoms. The first-order valence-electron chi connectivity index (χ1n) is 11.3. The molecule has 5 rings (SSSR count). The summed E-state index contributed by atoms with van der Waals surface area (Å²) in [6, 6.07) is 23.8. The zero-order chi connectivity index (χ0) is 23.7. The van der Waals surface area contributed by atoms with Gasteiger partial charge in [0.05, 0.1) is 16.7 Å². The summed E-state index contributed by atoms with van der Waals surface area (Å²) in [6.45, 7) is 0.936. The Labute approximate surface area is 197 Å². The first-order valence-corrected chi connectivity index (χ1v) is 11.3. The van der Waals surface area contributed by atoms with Gasteiger partial charge in [0.1, 0.15) is 18.2 Å². The van der Waals surface area contributed by atoms with Crippen molar-refractivity contribution in [3.05, 3.63) is 96.1 Å². The van der Waals surface area contributed by atoms with Gasteiger partial charge in [-0.25, -0.2) is 9.37 Å². The lowest BCUT2D eigenvalue weighted by molar-refractivity contribution is -0.131. The monoisotopic (exact) mass is 456 g/mol. The largest absolute Gasteiger partial charge is 0.340 e. The van der Waals surface area contributed by atoms with Gasteiger partial charge in [-0.3, -0.25) is 9.59 Å². The molecule has 0 bridgehead atoms. The zero-order valence-corrected chi connectivity index (χ0v) is 18.9. The van der Waals surface area contributed by atoms with Crippen LogP contribution < -0.4 is 4.90 Å². The Bertz CT molecular complexity index is 1350. The summed E-state index contributed by atoms with van der Waals surface area (Å²) in [5.74, 6) is -0.200. The summed E-state index contributed by atoms with van der Waals surface area (Å²) in [5.41, 5.74) is 2.94. The second kappa shape index (κ2) is 9.09. The number of para-hydroxylation sites is 3. The molecule has 3 aromatic carbocycles. The number of anilines is 1. The van der Waals surface area contributed by atoms with Crippen LogP contribution in [0.25, 0.3) is 11.0 Å². The average molecular weight is 457 g/mol. The molecule has 1 aliphatic rings. The van der Waals surface area contributed by atoms with Crippen molar-refractivity contribution in [2.24, 2.45) is 0 Å². The Morgan fingerprint density at radius 3 is 2.53 bits per heavy atom. The van der Waals surface area contributed by atoms with Gasteiger partial charge in [-0.05, 0) is 29.8 Å². The summed E-state index contributed by atoms with van der Waals surface area (Å²) in [5, 5.41) is 0. The maximum absolute atomic E-state index is 14.4. The van der Waals surface area contributed by atoms with E-state index in [1.165, 1.54) is 11.0 Å². The summed E-state index contributed by atoms with van der Waals surface area (Å²) in [6.07, 6.45) is 0.214. The van der Waals surface area contributed by atoms with E-state index in [0.29, 0.717) is 18.9 Å². The Kier molecular flexibility index (Phi) is 5.84. The number of halogens is 1. The highest BCUT2D eigenvalue weighted by atomic mass is 19.1. The van der Waals surface area contributed by atoms with Crippen LogP contribution in [-0.4, -0.2) is 39.9 Å². The number of fused-ring (bicyclic) bond motifs is 1. The number of hydrogen-bond donors (Lipinski definition) is 0. The smallest absolute Gasteiger partial charge is 0.242 e. The van der Waals surface area contributed by atoms with Crippen LogP contribution in [0, 0.1) is 5.82 Å². The van der Waals surface area contributed by atoms with Crippen molar-refractivity contribution in [2.75, 3.05) is 18.5 Å². The highest BCUT2D eigenvalue weighted by Gasteiger charge is 2.36. The first-order chi connectivity index (χ1) is 16.5. The van der Waals surface area contributed by atoms with E-state index in [1.807, 2.05) is 59.2 Å². The SMILES string of the molecule is CN(Cc1ccccc1)C(=O)Cn1c(C2CC(=O)N(c3ccccc3F)C2)nc2ccccc21. The fraction of sp³-hybridized carbons (Fsp3) is 0.222. The number of likely N-dealkylation sites (N-methyl/N-ethyl adjacent to an activating group) is 1.